The van der Waals surface area contributed by atoms with Crippen molar-refractivity contribution in [3.8, 4) is 6.07 Å². The molecule has 0 saturated heterocycles. The van der Waals surface area contributed by atoms with Crippen LogP contribution < -0.4 is 0 Å². The van der Waals surface area contributed by atoms with Crippen molar-refractivity contribution in [2.45, 2.75) is 57.5 Å². The number of hydrogen-bond acceptors (Lipinski definition) is 2. The molecule has 2 aliphatic carbocycles. The highest BCUT2D eigenvalue weighted by Gasteiger charge is 2.38. The molecule has 0 aromatic heterocycles. The third-order valence-corrected chi connectivity index (χ3v) is 4.79. The second kappa shape index (κ2) is 5.89. The number of benzene rings is 1. The molecule has 0 spiro atoms. The molecule has 0 atom stereocenters. The van der Waals surface area contributed by atoms with Gasteiger partial charge in [0, 0.05) is 17.6 Å². The quantitative estimate of drug-likeness (QED) is 0.847. The zero-order chi connectivity index (χ0) is 14.8. The van der Waals surface area contributed by atoms with E-state index in [1.807, 2.05) is 6.07 Å². The zero-order valence-electron chi connectivity index (χ0n) is 12.6. The van der Waals surface area contributed by atoms with Gasteiger partial charge in [0.2, 0.25) is 0 Å². The monoisotopic (exact) mass is 282 g/mol. The van der Waals surface area contributed by atoms with Gasteiger partial charge >= 0.3 is 0 Å². The van der Waals surface area contributed by atoms with Gasteiger partial charge in [-0.1, -0.05) is 13.0 Å². The molecule has 3 heteroatoms. The van der Waals surface area contributed by atoms with Crippen LogP contribution in [-0.4, -0.2) is 22.9 Å². The van der Waals surface area contributed by atoms with Crippen molar-refractivity contribution in [3.63, 3.8) is 0 Å². The van der Waals surface area contributed by atoms with Gasteiger partial charge in [0.15, 0.2) is 0 Å². The molecule has 2 saturated carbocycles. The van der Waals surface area contributed by atoms with Gasteiger partial charge in [-0.2, -0.15) is 5.26 Å². The largest absolute Gasteiger partial charge is 0.333 e. The fourth-order valence-electron chi connectivity index (χ4n) is 3.37. The van der Waals surface area contributed by atoms with Crippen LogP contribution in [0, 0.1) is 17.2 Å². The van der Waals surface area contributed by atoms with Gasteiger partial charge in [-0.3, -0.25) is 4.79 Å². The van der Waals surface area contributed by atoms with E-state index in [9.17, 15) is 4.79 Å². The summed E-state index contributed by atoms with van der Waals surface area (Å²) in [6.45, 7) is 2.30. The minimum Gasteiger partial charge on any atom is -0.333 e. The van der Waals surface area contributed by atoms with Gasteiger partial charge in [-0.05, 0) is 62.6 Å². The highest BCUT2D eigenvalue weighted by Crippen LogP contribution is 2.36. The standard InChI is InChI=1S/C18H22N2O/c1-13-5-7-16(8-6-13)20(17-9-10-17)18(21)15-4-2-3-14(11-15)12-19/h2-4,11,13,16-17H,5-10H2,1H3. The van der Waals surface area contributed by atoms with E-state index in [1.54, 1.807) is 18.2 Å². The number of amides is 1. The normalized spacial score (nSPS) is 25.1. The van der Waals surface area contributed by atoms with E-state index in [-0.39, 0.29) is 5.91 Å². The summed E-state index contributed by atoms with van der Waals surface area (Å²) >= 11 is 0. The van der Waals surface area contributed by atoms with Crippen LogP contribution in [0.4, 0.5) is 0 Å². The maximum Gasteiger partial charge on any atom is 0.254 e. The predicted molar refractivity (Wildman–Crippen MR) is 81.8 cm³/mol. The topological polar surface area (TPSA) is 44.1 Å². The number of carbonyl (C=O) groups is 1. The lowest BCUT2D eigenvalue weighted by Gasteiger charge is -2.36. The van der Waals surface area contributed by atoms with E-state index in [0.29, 0.717) is 23.2 Å². The van der Waals surface area contributed by atoms with Crippen LogP contribution in [-0.2, 0) is 0 Å². The van der Waals surface area contributed by atoms with Gasteiger partial charge in [0.1, 0.15) is 0 Å². The molecule has 1 amide bonds. The Morgan fingerprint density at radius 3 is 2.33 bits per heavy atom. The van der Waals surface area contributed by atoms with Gasteiger partial charge in [-0.15, -0.1) is 0 Å². The van der Waals surface area contributed by atoms with E-state index in [2.05, 4.69) is 17.9 Å². The minimum absolute atomic E-state index is 0.120. The molecule has 3 rings (SSSR count). The zero-order valence-corrected chi connectivity index (χ0v) is 12.6. The summed E-state index contributed by atoms with van der Waals surface area (Å²) < 4.78 is 0. The van der Waals surface area contributed by atoms with Crippen molar-refractivity contribution in [2.75, 3.05) is 0 Å². The van der Waals surface area contributed by atoms with Crippen molar-refractivity contribution >= 4 is 5.91 Å². The molecule has 0 N–H and O–H groups in total. The fourth-order valence-corrected chi connectivity index (χ4v) is 3.37. The Bertz CT molecular complexity index is 563. The maximum absolute atomic E-state index is 12.9. The minimum atomic E-state index is 0.120. The number of hydrogen-bond donors (Lipinski definition) is 0. The Balaban J connectivity index is 1.80. The van der Waals surface area contributed by atoms with Crippen LogP contribution in [0.1, 0.15) is 61.4 Å². The Labute approximate surface area is 126 Å². The van der Waals surface area contributed by atoms with E-state index in [1.165, 1.54) is 12.8 Å². The van der Waals surface area contributed by atoms with Crippen LogP contribution in [0.5, 0.6) is 0 Å². The lowest BCUT2D eigenvalue weighted by molar-refractivity contribution is 0.0593. The van der Waals surface area contributed by atoms with Crippen LogP contribution in [0.15, 0.2) is 24.3 Å². The second-order valence-corrected chi connectivity index (χ2v) is 6.55. The first-order valence-corrected chi connectivity index (χ1v) is 8.02. The molecule has 1 aromatic rings. The van der Waals surface area contributed by atoms with Gasteiger partial charge in [0.05, 0.1) is 11.6 Å². The average molecular weight is 282 g/mol. The second-order valence-electron chi connectivity index (χ2n) is 6.55. The first-order valence-electron chi connectivity index (χ1n) is 8.02. The molecule has 0 unspecified atom stereocenters. The van der Waals surface area contributed by atoms with Crippen LogP contribution in [0.3, 0.4) is 0 Å². The molecule has 2 aliphatic rings. The predicted octanol–water partition coefficient (Wildman–Crippen LogP) is 3.74. The molecule has 1 aromatic carbocycles. The van der Waals surface area contributed by atoms with Crippen molar-refractivity contribution in [1.82, 2.24) is 4.90 Å². The first kappa shape index (κ1) is 14.1. The molecule has 21 heavy (non-hydrogen) atoms. The number of carbonyl (C=O) groups excluding carboxylic acids is 1. The number of rotatable bonds is 3. The Morgan fingerprint density at radius 1 is 1.14 bits per heavy atom. The first-order chi connectivity index (χ1) is 10.2. The molecule has 0 bridgehead atoms. The summed E-state index contributed by atoms with van der Waals surface area (Å²) in [5, 5.41) is 9.01. The summed E-state index contributed by atoms with van der Waals surface area (Å²) in [6, 6.07) is 10.1. The molecule has 2 fully saturated rings. The van der Waals surface area contributed by atoms with E-state index < -0.39 is 0 Å². The third kappa shape index (κ3) is 3.10. The van der Waals surface area contributed by atoms with E-state index >= 15 is 0 Å². The molecule has 0 heterocycles. The van der Waals surface area contributed by atoms with Gasteiger partial charge in [-0.25, -0.2) is 0 Å². The number of nitrogens with zero attached hydrogens (tertiary/aromatic N) is 2. The Kier molecular flexibility index (Phi) is 3.96. The van der Waals surface area contributed by atoms with Crippen LogP contribution in [0.2, 0.25) is 0 Å². The van der Waals surface area contributed by atoms with Crippen molar-refractivity contribution in [1.29, 1.82) is 5.26 Å². The van der Waals surface area contributed by atoms with Crippen molar-refractivity contribution < 1.29 is 4.79 Å². The van der Waals surface area contributed by atoms with E-state index in [0.717, 1.165) is 31.6 Å². The summed E-state index contributed by atoms with van der Waals surface area (Å²) in [7, 11) is 0. The number of nitriles is 1. The fraction of sp³-hybridized carbons (Fsp3) is 0.556. The third-order valence-electron chi connectivity index (χ3n) is 4.79. The smallest absolute Gasteiger partial charge is 0.254 e. The molecule has 0 aliphatic heterocycles. The molecule has 110 valence electrons. The SMILES string of the molecule is CC1CCC(N(C(=O)c2cccc(C#N)c2)C2CC2)CC1. The maximum atomic E-state index is 12.9. The van der Waals surface area contributed by atoms with Gasteiger partial charge in [0.25, 0.3) is 5.91 Å². The highest BCUT2D eigenvalue weighted by atomic mass is 16.2. The van der Waals surface area contributed by atoms with Gasteiger partial charge < -0.3 is 4.90 Å². The highest BCUT2D eigenvalue weighted by molar-refractivity contribution is 5.95. The lowest BCUT2D eigenvalue weighted by Crippen LogP contribution is -2.43. The summed E-state index contributed by atoms with van der Waals surface area (Å²) in [6.07, 6.45) is 6.97. The summed E-state index contributed by atoms with van der Waals surface area (Å²) in [5.41, 5.74) is 1.23. The van der Waals surface area contributed by atoms with Crippen LogP contribution in [0.25, 0.3) is 0 Å². The molecule has 0 radical (unpaired) electrons. The summed E-state index contributed by atoms with van der Waals surface area (Å²) in [5.74, 6) is 0.911. The Hall–Kier alpha value is -1.82. The molecule has 3 nitrogen and oxygen atoms in total. The molecular weight excluding hydrogens is 260 g/mol. The van der Waals surface area contributed by atoms with Crippen LogP contribution >= 0.6 is 0 Å². The molecular formula is C18H22N2O. The summed E-state index contributed by atoms with van der Waals surface area (Å²) in [4.78, 5) is 15.0. The van der Waals surface area contributed by atoms with Crippen molar-refractivity contribution in [3.05, 3.63) is 35.4 Å². The van der Waals surface area contributed by atoms with E-state index in [4.69, 9.17) is 5.26 Å². The van der Waals surface area contributed by atoms with Crippen molar-refractivity contribution in [2.24, 2.45) is 5.92 Å². The average Bonchev–Trinajstić information content (AvgIpc) is 3.34. The lowest BCUT2D eigenvalue weighted by atomic mass is 9.86. The Morgan fingerprint density at radius 2 is 1.76 bits per heavy atom.